The predicted octanol–water partition coefficient (Wildman–Crippen LogP) is 2.75. The number of rotatable bonds is 2. The summed E-state index contributed by atoms with van der Waals surface area (Å²) >= 11 is 0. The summed E-state index contributed by atoms with van der Waals surface area (Å²) in [5.41, 5.74) is 2.46. The zero-order chi connectivity index (χ0) is 17.2. The van der Waals surface area contributed by atoms with E-state index >= 15 is 0 Å². The number of aryl methyl sites for hydroxylation is 1. The summed E-state index contributed by atoms with van der Waals surface area (Å²) in [4.78, 5) is 32.0. The summed E-state index contributed by atoms with van der Waals surface area (Å²) in [6.07, 6.45) is 6.85. The number of carbonyl (C=O) groups excluding carboxylic acids is 1. The number of hydrogen-bond donors (Lipinski definition) is 0. The van der Waals surface area contributed by atoms with Gasteiger partial charge in [-0.15, -0.1) is 0 Å². The van der Waals surface area contributed by atoms with E-state index in [2.05, 4.69) is 19.9 Å². The van der Waals surface area contributed by atoms with Crippen LogP contribution in [0.4, 0.5) is 0 Å². The quantitative estimate of drug-likeness (QED) is 0.721. The molecule has 0 spiro atoms. The minimum absolute atomic E-state index is 0.0527. The van der Waals surface area contributed by atoms with Crippen molar-refractivity contribution in [2.24, 2.45) is 0 Å². The van der Waals surface area contributed by atoms with E-state index in [4.69, 9.17) is 0 Å². The summed E-state index contributed by atoms with van der Waals surface area (Å²) in [5.74, 6) is 1.12. The van der Waals surface area contributed by atoms with E-state index in [0.717, 1.165) is 48.5 Å². The molecule has 0 bridgehead atoms. The lowest BCUT2D eigenvalue weighted by molar-refractivity contribution is 0.0712. The molecule has 0 aliphatic carbocycles. The van der Waals surface area contributed by atoms with Crippen molar-refractivity contribution in [3.8, 4) is 0 Å². The van der Waals surface area contributed by atoms with Crippen molar-refractivity contribution in [3.05, 3.63) is 59.9 Å². The lowest BCUT2D eigenvalue weighted by Gasteiger charge is -2.32. The smallest absolute Gasteiger partial charge is 0.255 e. The number of nitrogens with zero attached hydrogens (tertiary/aromatic N) is 5. The van der Waals surface area contributed by atoms with Crippen LogP contribution in [0.3, 0.4) is 0 Å². The molecule has 126 valence electrons. The van der Waals surface area contributed by atoms with Crippen molar-refractivity contribution in [1.82, 2.24) is 24.8 Å². The fourth-order valence-corrected chi connectivity index (χ4v) is 3.44. The van der Waals surface area contributed by atoms with E-state index in [1.807, 2.05) is 30.0 Å². The van der Waals surface area contributed by atoms with Gasteiger partial charge in [-0.25, -0.2) is 15.0 Å². The lowest BCUT2D eigenvalue weighted by Crippen LogP contribution is -2.38. The number of fused-ring (bicyclic) bond motifs is 1. The molecule has 0 saturated carbocycles. The minimum atomic E-state index is 0.0527. The van der Waals surface area contributed by atoms with Crippen molar-refractivity contribution in [3.63, 3.8) is 0 Å². The summed E-state index contributed by atoms with van der Waals surface area (Å²) in [6, 6.07) is 7.56. The van der Waals surface area contributed by atoms with Gasteiger partial charge >= 0.3 is 0 Å². The average molecular weight is 333 g/mol. The van der Waals surface area contributed by atoms with Crippen molar-refractivity contribution in [2.75, 3.05) is 13.1 Å². The molecule has 0 unspecified atom stereocenters. The lowest BCUT2D eigenvalue weighted by atomic mass is 9.91. The maximum Gasteiger partial charge on any atom is 0.255 e. The van der Waals surface area contributed by atoms with Gasteiger partial charge in [0.25, 0.3) is 5.91 Å². The van der Waals surface area contributed by atoms with Gasteiger partial charge in [-0.3, -0.25) is 9.78 Å². The monoisotopic (exact) mass is 333 g/mol. The van der Waals surface area contributed by atoms with Crippen molar-refractivity contribution >= 4 is 16.9 Å². The number of amides is 1. The topological polar surface area (TPSA) is 71.9 Å². The van der Waals surface area contributed by atoms with E-state index < -0.39 is 0 Å². The molecular formula is C19H19N5O. The number of carbonyl (C=O) groups is 1. The first-order valence-electron chi connectivity index (χ1n) is 8.51. The molecule has 0 radical (unpaired) electrons. The predicted molar refractivity (Wildman–Crippen MR) is 94.2 cm³/mol. The van der Waals surface area contributed by atoms with E-state index in [0.29, 0.717) is 11.5 Å². The van der Waals surface area contributed by atoms with E-state index in [-0.39, 0.29) is 5.91 Å². The zero-order valence-corrected chi connectivity index (χ0v) is 14.1. The van der Waals surface area contributed by atoms with E-state index in [1.165, 1.54) is 0 Å². The van der Waals surface area contributed by atoms with Crippen LogP contribution in [-0.4, -0.2) is 43.8 Å². The first-order valence-corrected chi connectivity index (χ1v) is 8.51. The summed E-state index contributed by atoms with van der Waals surface area (Å²) < 4.78 is 0. The molecule has 3 aromatic heterocycles. The first kappa shape index (κ1) is 15.6. The standard InChI is InChI=1S/C19H19N5O/c1-13-22-17(16-5-3-9-21-18(16)23-13)14-6-10-24(11-7-14)19(25)15-4-2-8-20-12-15/h2-5,8-9,12,14H,6-7,10-11H2,1H3. The number of hydrogen-bond acceptors (Lipinski definition) is 5. The third kappa shape index (κ3) is 3.07. The van der Waals surface area contributed by atoms with Gasteiger partial charge in [0.05, 0.1) is 11.3 Å². The van der Waals surface area contributed by atoms with Crippen LogP contribution in [0.1, 0.15) is 40.6 Å². The van der Waals surface area contributed by atoms with Gasteiger partial charge in [-0.05, 0) is 44.0 Å². The molecule has 4 heterocycles. The zero-order valence-electron chi connectivity index (χ0n) is 14.1. The summed E-state index contributed by atoms with van der Waals surface area (Å²) in [6.45, 7) is 3.35. The largest absolute Gasteiger partial charge is 0.339 e. The Morgan fingerprint density at radius 2 is 1.92 bits per heavy atom. The molecule has 1 saturated heterocycles. The first-order chi connectivity index (χ1) is 12.2. The fraction of sp³-hybridized carbons (Fsp3) is 0.316. The molecule has 1 fully saturated rings. The molecule has 25 heavy (non-hydrogen) atoms. The normalized spacial score (nSPS) is 15.5. The molecular weight excluding hydrogens is 314 g/mol. The van der Waals surface area contributed by atoms with Gasteiger partial charge in [-0.2, -0.15) is 0 Å². The number of likely N-dealkylation sites (tertiary alicyclic amines) is 1. The van der Waals surface area contributed by atoms with Crippen LogP contribution in [0, 0.1) is 6.92 Å². The molecule has 6 heteroatoms. The highest BCUT2D eigenvalue weighted by Gasteiger charge is 2.27. The molecule has 1 amide bonds. The van der Waals surface area contributed by atoms with Crippen LogP contribution < -0.4 is 0 Å². The van der Waals surface area contributed by atoms with Crippen LogP contribution in [-0.2, 0) is 0 Å². The molecule has 0 N–H and O–H groups in total. The van der Waals surface area contributed by atoms with Crippen LogP contribution in [0.5, 0.6) is 0 Å². The van der Waals surface area contributed by atoms with E-state index in [1.54, 1.807) is 24.7 Å². The molecule has 3 aromatic rings. The molecule has 1 aliphatic rings. The Hall–Kier alpha value is -2.89. The Morgan fingerprint density at radius 1 is 1.12 bits per heavy atom. The maximum atomic E-state index is 12.6. The van der Waals surface area contributed by atoms with Gasteiger partial charge in [0.2, 0.25) is 0 Å². The Labute approximate surface area is 146 Å². The van der Waals surface area contributed by atoms with Crippen molar-refractivity contribution < 1.29 is 4.79 Å². The van der Waals surface area contributed by atoms with Crippen LogP contribution in [0.25, 0.3) is 11.0 Å². The maximum absolute atomic E-state index is 12.6. The van der Waals surface area contributed by atoms with Gasteiger partial charge < -0.3 is 4.90 Å². The second kappa shape index (κ2) is 6.55. The minimum Gasteiger partial charge on any atom is -0.339 e. The third-order valence-electron chi connectivity index (χ3n) is 4.69. The van der Waals surface area contributed by atoms with Crippen LogP contribution in [0.15, 0.2) is 42.9 Å². The Bertz CT molecular complexity index is 904. The van der Waals surface area contributed by atoms with Gasteiger partial charge in [0.1, 0.15) is 5.82 Å². The van der Waals surface area contributed by atoms with Gasteiger partial charge in [-0.1, -0.05) is 0 Å². The Kier molecular flexibility index (Phi) is 4.09. The van der Waals surface area contributed by atoms with Crippen LogP contribution >= 0.6 is 0 Å². The van der Waals surface area contributed by atoms with E-state index in [9.17, 15) is 4.79 Å². The van der Waals surface area contributed by atoms with Crippen molar-refractivity contribution in [1.29, 1.82) is 0 Å². The van der Waals surface area contributed by atoms with Gasteiger partial charge in [0, 0.05) is 43.0 Å². The Balaban J connectivity index is 1.54. The molecule has 4 rings (SSSR count). The third-order valence-corrected chi connectivity index (χ3v) is 4.69. The molecule has 0 aromatic carbocycles. The highest BCUT2D eigenvalue weighted by Crippen LogP contribution is 2.31. The number of aromatic nitrogens is 4. The molecule has 0 atom stereocenters. The number of pyridine rings is 2. The highest BCUT2D eigenvalue weighted by molar-refractivity contribution is 5.94. The Morgan fingerprint density at radius 3 is 2.68 bits per heavy atom. The second-order valence-electron chi connectivity index (χ2n) is 6.34. The highest BCUT2D eigenvalue weighted by atomic mass is 16.2. The average Bonchev–Trinajstić information content (AvgIpc) is 2.67. The van der Waals surface area contributed by atoms with Gasteiger partial charge in [0.15, 0.2) is 5.65 Å². The fourth-order valence-electron chi connectivity index (χ4n) is 3.44. The second-order valence-corrected chi connectivity index (χ2v) is 6.34. The molecule has 1 aliphatic heterocycles. The van der Waals surface area contributed by atoms with Crippen molar-refractivity contribution in [2.45, 2.75) is 25.7 Å². The SMILES string of the molecule is Cc1nc(C2CCN(C(=O)c3cccnc3)CC2)c2cccnc2n1. The summed E-state index contributed by atoms with van der Waals surface area (Å²) in [7, 11) is 0. The molecule has 6 nitrogen and oxygen atoms in total. The summed E-state index contributed by atoms with van der Waals surface area (Å²) in [5, 5.41) is 1.02. The van der Waals surface area contributed by atoms with Crippen LogP contribution in [0.2, 0.25) is 0 Å². The number of piperidine rings is 1.